The van der Waals surface area contributed by atoms with Gasteiger partial charge >= 0.3 is 5.97 Å². The summed E-state index contributed by atoms with van der Waals surface area (Å²) < 4.78 is 6.57. The molecule has 3 rings (SSSR count). The molecule has 0 radical (unpaired) electrons. The van der Waals surface area contributed by atoms with Gasteiger partial charge in [-0.15, -0.1) is 0 Å². The molecule has 106 valence electrons. The highest BCUT2D eigenvalue weighted by Crippen LogP contribution is 2.27. The molecule has 0 amide bonds. The van der Waals surface area contributed by atoms with Crippen LogP contribution in [0, 0.1) is 0 Å². The first-order valence-electron chi connectivity index (χ1n) is 6.70. The summed E-state index contributed by atoms with van der Waals surface area (Å²) in [7, 11) is 1.34. The van der Waals surface area contributed by atoms with E-state index < -0.39 is 5.97 Å². The Balaban J connectivity index is 2.15. The van der Waals surface area contributed by atoms with Crippen molar-refractivity contribution in [2.45, 2.75) is 18.8 Å². The number of pyridine rings is 1. The molecule has 1 aliphatic rings. The predicted molar refractivity (Wildman–Crippen MR) is 73.0 cm³/mol. The first-order valence-corrected chi connectivity index (χ1v) is 6.70. The summed E-state index contributed by atoms with van der Waals surface area (Å²) in [6, 6.07) is 3.24. The minimum atomic E-state index is -0.455. The summed E-state index contributed by atoms with van der Waals surface area (Å²) in [6.45, 7) is 1.84. The van der Waals surface area contributed by atoms with E-state index in [0.717, 1.165) is 31.8 Å². The van der Waals surface area contributed by atoms with Gasteiger partial charge in [0, 0.05) is 12.5 Å². The van der Waals surface area contributed by atoms with E-state index in [1.165, 1.54) is 7.11 Å². The number of hydrogen-bond donors (Lipinski definition) is 2. The van der Waals surface area contributed by atoms with Crippen LogP contribution in [-0.4, -0.2) is 40.7 Å². The summed E-state index contributed by atoms with van der Waals surface area (Å²) in [4.78, 5) is 16.3. The van der Waals surface area contributed by atoms with E-state index in [0.29, 0.717) is 11.2 Å². The monoisotopic (exact) mass is 275 g/mol. The summed E-state index contributed by atoms with van der Waals surface area (Å²) >= 11 is 0. The number of aromatic nitrogens is 2. The molecule has 1 fully saturated rings. The summed E-state index contributed by atoms with van der Waals surface area (Å²) in [5, 5.41) is 13.0. The van der Waals surface area contributed by atoms with Crippen molar-refractivity contribution in [1.29, 1.82) is 0 Å². The second-order valence-electron chi connectivity index (χ2n) is 5.00. The standard InChI is InChI=1S/C14H17N3O3/c1-20-14(19)12-11-5-4-10(18)8-17(11)13(16-12)9-3-2-6-15-7-9/h4-5,8-9,15,18H,2-3,6-7H2,1H3. The van der Waals surface area contributed by atoms with E-state index in [1.807, 2.05) is 0 Å². The number of piperidine rings is 1. The quantitative estimate of drug-likeness (QED) is 0.808. The van der Waals surface area contributed by atoms with Crippen molar-refractivity contribution in [1.82, 2.24) is 14.7 Å². The number of nitrogens with zero attached hydrogens (tertiary/aromatic N) is 2. The number of aromatic hydroxyl groups is 1. The van der Waals surface area contributed by atoms with Gasteiger partial charge in [-0.25, -0.2) is 9.78 Å². The maximum absolute atomic E-state index is 11.8. The molecule has 2 aromatic rings. The summed E-state index contributed by atoms with van der Waals surface area (Å²) in [5.74, 6) is 0.722. The first-order chi connectivity index (χ1) is 9.70. The zero-order chi connectivity index (χ0) is 14.1. The lowest BCUT2D eigenvalue weighted by molar-refractivity contribution is 0.0596. The van der Waals surface area contributed by atoms with Crippen molar-refractivity contribution in [3.63, 3.8) is 0 Å². The average molecular weight is 275 g/mol. The molecule has 0 spiro atoms. The number of esters is 1. The van der Waals surface area contributed by atoms with Gasteiger partial charge in [0.1, 0.15) is 11.6 Å². The minimum absolute atomic E-state index is 0.149. The van der Waals surface area contributed by atoms with E-state index in [2.05, 4.69) is 10.3 Å². The number of fused-ring (bicyclic) bond motifs is 1. The minimum Gasteiger partial charge on any atom is -0.506 e. The zero-order valence-corrected chi connectivity index (χ0v) is 11.3. The maximum atomic E-state index is 11.8. The van der Waals surface area contributed by atoms with Crippen LogP contribution >= 0.6 is 0 Å². The maximum Gasteiger partial charge on any atom is 0.358 e. The molecule has 0 aliphatic carbocycles. The SMILES string of the molecule is COC(=O)c1nc(C2CCCNC2)n2cc(O)ccc12. The Morgan fingerprint density at radius 1 is 1.55 bits per heavy atom. The molecule has 20 heavy (non-hydrogen) atoms. The van der Waals surface area contributed by atoms with E-state index >= 15 is 0 Å². The van der Waals surface area contributed by atoms with Crippen molar-refractivity contribution >= 4 is 11.5 Å². The molecule has 3 heterocycles. The lowest BCUT2D eigenvalue weighted by atomic mass is 9.99. The number of methoxy groups -OCH3 is 1. The molecule has 2 aromatic heterocycles. The topological polar surface area (TPSA) is 75.9 Å². The third-order valence-corrected chi connectivity index (χ3v) is 3.69. The lowest BCUT2D eigenvalue weighted by Gasteiger charge is -2.21. The van der Waals surface area contributed by atoms with Crippen LogP contribution in [0.15, 0.2) is 18.3 Å². The Hall–Kier alpha value is -2.08. The van der Waals surface area contributed by atoms with E-state index in [1.54, 1.807) is 22.7 Å². The van der Waals surface area contributed by atoms with Crippen molar-refractivity contribution in [3.8, 4) is 5.75 Å². The molecule has 1 aliphatic heterocycles. The third-order valence-electron chi connectivity index (χ3n) is 3.69. The van der Waals surface area contributed by atoms with Gasteiger partial charge in [-0.3, -0.25) is 4.40 Å². The highest BCUT2D eigenvalue weighted by Gasteiger charge is 2.24. The molecule has 6 nitrogen and oxygen atoms in total. The van der Waals surface area contributed by atoms with Crippen LogP contribution in [0.1, 0.15) is 35.1 Å². The molecular weight excluding hydrogens is 258 g/mol. The molecular formula is C14H17N3O3. The number of hydrogen-bond acceptors (Lipinski definition) is 5. The number of imidazole rings is 1. The number of carbonyl (C=O) groups excluding carboxylic acids is 1. The molecule has 0 aromatic carbocycles. The number of ether oxygens (including phenoxy) is 1. The smallest absolute Gasteiger partial charge is 0.358 e. The van der Waals surface area contributed by atoms with Crippen molar-refractivity contribution in [3.05, 3.63) is 29.8 Å². The Kier molecular flexibility index (Phi) is 3.31. The lowest BCUT2D eigenvalue weighted by Crippen LogP contribution is -2.29. The van der Waals surface area contributed by atoms with Crippen molar-refractivity contribution in [2.75, 3.05) is 20.2 Å². The van der Waals surface area contributed by atoms with E-state index in [-0.39, 0.29) is 11.7 Å². The molecule has 2 N–H and O–H groups in total. The molecule has 0 saturated carbocycles. The third kappa shape index (κ3) is 2.12. The van der Waals surface area contributed by atoms with Crippen LogP contribution in [0.2, 0.25) is 0 Å². The molecule has 1 unspecified atom stereocenters. The van der Waals surface area contributed by atoms with Crippen molar-refractivity contribution < 1.29 is 14.6 Å². The molecule has 6 heteroatoms. The Morgan fingerprint density at radius 2 is 2.40 bits per heavy atom. The van der Waals surface area contributed by atoms with Gasteiger partial charge in [0.25, 0.3) is 0 Å². The molecule has 1 saturated heterocycles. The van der Waals surface area contributed by atoms with Gasteiger partial charge in [0.15, 0.2) is 5.69 Å². The van der Waals surface area contributed by atoms with Gasteiger partial charge in [-0.1, -0.05) is 0 Å². The Labute approximate surface area is 116 Å². The summed E-state index contributed by atoms with van der Waals surface area (Å²) in [5.41, 5.74) is 0.961. The Bertz CT molecular complexity index is 644. The normalized spacial score (nSPS) is 19.1. The van der Waals surface area contributed by atoms with Crippen LogP contribution in [0.3, 0.4) is 0 Å². The van der Waals surface area contributed by atoms with Gasteiger partial charge in [-0.05, 0) is 31.5 Å². The van der Waals surface area contributed by atoms with Crippen LogP contribution in [0.4, 0.5) is 0 Å². The van der Waals surface area contributed by atoms with Gasteiger partial charge in [0.2, 0.25) is 0 Å². The fourth-order valence-corrected chi connectivity index (χ4v) is 2.70. The fraction of sp³-hybridized carbons (Fsp3) is 0.429. The highest BCUT2D eigenvalue weighted by atomic mass is 16.5. The fourth-order valence-electron chi connectivity index (χ4n) is 2.70. The van der Waals surface area contributed by atoms with E-state index in [9.17, 15) is 9.90 Å². The van der Waals surface area contributed by atoms with Crippen LogP contribution in [-0.2, 0) is 4.74 Å². The van der Waals surface area contributed by atoms with Crippen LogP contribution in [0.25, 0.3) is 5.52 Å². The Morgan fingerprint density at radius 3 is 3.10 bits per heavy atom. The van der Waals surface area contributed by atoms with Gasteiger partial charge < -0.3 is 15.2 Å². The molecule has 0 bridgehead atoms. The number of carbonyl (C=O) groups is 1. The van der Waals surface area contributed by atoms with Crippen LogP contribution < -0.4 is 5.32 Å². The van der Waals surface area contributed by atoms with Crippen molar-refractivity contribution in [2.24, 2.45) is 0 Å². The van der Waals surface area contributed by atoms with Gasteiger partial charge in [0.05, 0.1) is 18.8 Å². The molecule has 1 atom stereocenters. The number of nitrogens with one attached hydrogen (secondary N) is 1. The largest absolute Gasteiger partial charge is 0.506 e. The average Bonchev–Trinajstić information content (AvgIpc) is 2.86. The van der Waals surface area contributed by atoms with Gasteiger partial charge in [-0.2, -0.15) is 0 Å². The summed E-state index contributed by atoms with van der Waals surface area (Å²) in [6.07, 6.45) is 3.69. The second kappa shape index (κ2) is 5.13. The highest BCUT2D eigenvalue weighted by molar-refractivity contribution is 5.95. The first kappa shape index (κ1) is 12.9. The second-order valence-corrected chi connectivity index (χ2v) is 5.00. The predicted octanol–water partition coefficient (Wildman–Crippen LogP) is 1.29. The van der Waals surface area contributed by atoms with E-state index in [4.69, 9.17) is 4.74 Å². The number of rotatable bonds is 2. The van der Waals surface area contributed by atoms with Crippen LogP contribution in [0.5, 0.6) is 5.75 Å². The zero-order valence-electron chi connectivity index (χ0n) is 11.3.